The van der Waals surface area contributed by atoms with Crippen LogP contribution in [-0.4, -0.2) is 11.7 Å². The molecule has 0 saturated carbocycles. The van der Waals surface area contributed by atoms with E-state index in [-0.39, 0.29) is 6.61 Å². The maximum atomic E-state index is 8.88. The Morgan fingerprint density at radius 1 is 1.36 bits per heavy atom. The summed E-state index contributed by atoms with van der Waals surface area (Å²) >= 11 is 0. The molecule has 0 amide bonds. The number of rotatable bonds is 3. The van der Waals surface area contributed by atoms with Gasteiger partial charge in [0.15, 0.2) is 0 Å². The molecule has 1 N–H and O–H groups in total. The molecule has 0 spiro atoms. The minimum Gasteiger partial charge on any atom is -0.464 e. The van der Waals surface area contributed by atoms with Gasteiger partial charge < -0.3 is 9.52 Å². The molecule has 0 aliphatic heterocycles. The van der Waals surface area contributed by atoms with E-state index in [0.29, 0.717) is 6.42 Å². The first-order valence-corrected chi connectivity index (χ1v) is 4.95. The Morgan fingerprint density at radius 3 is 2.93 bits per heavy atom. The van der Waals surface area contributed by atoms with Crippen LogP contribution in [0, 0.1) is 0 Å². The van der Waals surface area contributed by atoms with Crippen LogP contribution in [0.3, 0.4) is 0 Å². The number of aryl methyl sites for hydroxylation is 1. The van der Waals surface area contributed by atoms with Gasteiger partial charge in [-0.2, -0.15) is 0 Å². The quantitative estimate of drug-likeness (QED) is 0.806. The highest BCUT2D eigenvalue weighted by molar-refractivity contribution is 5.81. The van der Waals surface area contributed by atoms with Crippen molar-refractivity contribution in [3.63, 3.8) is 0 Å². The van der Waals surface area contributed by atoms with Crippen LogP contribution in [0.1, 0.15) is 18.1 Å². The van der Waals surface area contributed by atoms with E-state index in [1.165, 1.54) is 5.56 Å². The van der Waals surface area contributed by atoms with Crippen molar-refractivity contribution in [3.8, 4) is 0 Å². The first-order chi connectivity index (χ1) is 6.85. The van der Waals surface area contributed by atoms with Gasteiger partial charge in [0.1, 0.15) is 5.58 Å². The second kappa shape index (κ2) is 3.84. The molecule has 74 valence electrons. The first kappa shape index (κ1) is 9.28. The van der Waals surface area contributed by atoms with E-state index in [9.17, 15) is 0 Å². The van der Waals surface area contributed by atoms with E-state index >= 15 is 0 Å². The molecule has 0 bridgehead atoms. The zero-order valence-electron chi connectivity index (χ0n) is 8.29. The summed E-state index contributed by atoms with van der Waals surface area (Å²) in [7, 11) is 0. The summed E-state index contributed by atoms with van der Waals surface area (Å²) < 4.78 is 5.39. The highest BCUT2D eigenvalue weighted by Crippen LogP contribution is 2.23. The number of hydrogen-bond donors (Lipinski definition) is 1. The van der Waals surface area contributed by atoms with Crippen molar-refractivity contribution in [3.05, 3.63) is 35.6 Å². The fourth-order valence-corrected chi connectivity index (χ4v) is 1.66. The van der Waals surface area contributed by atoms with Crippen LogP contribution in [0.15, 0.2) is 28.9 Å². The summed E-state index contributed by atoms with van der Waals surface area (Å²) in [5.41, 5.74) is 3.31. The fraction of sp³-hybridized carbons (Fsp3) is 0.333. The SMILES string of the molecule is CCc1ccc2occ(CCO)c2c1. The van der Waals surface area contributed by atoms with Gasteiger partial charge in [-0.1, -0.05) is 13.0 Å². The number of fused-ring (bicyclic) bond motifs is 1. The fourth-order valence-electron chi connectivity index (χ4n) is 1.66. The van der Waals surface area contributed by atoms with Gasteiger partial charge in [0, 0.05) is 17.6 Å². The summed E-state index contributed by atoms with van der Waals surface area (Å²) in [5, 5.41) is 10.0. The third kappa shape index (κ3) is 1.53. The van der Waals surface area contributed by atoms with Crippen LogP contribution in [0.2, 0.25) is 0 Å². The third-order valence-corrected chi connectivity index (χ3v) is 2.51. The summed E-state index contributed by atoms with van der Waals surface area (Å²) in [5.74, 6) is 0. The molecule has 0 saturated heterocycles. The smallest absolute Gasteiger partial charge is 0.134 e. The minimum atomic E-state index is 0.172. The zero-order chi connectivity index (χ0) is 9.97. The lowest BCUT2D eigenvalue weighted by Gasteiger charge is -1.97. The summed E-state index contributed by atoms with van der Waals surface area (Å²) in [4.78, 5) is 0. The van der Waals surface area contributed by atoms with Crippen LogP contribution in [0.4, 0.5) is 0 Å². The molecule has 0 fully saturated rings. The predicted octanol–water partition coefficient (Wildman–Crippen LogP) is 2.53. The Bertz CT molecular complexity index is 429. The summed E-state index contributed by atoms with van der Waals surface area (Å²) in [6, 6.07) is 6.22. The zero-order valence-corrected chi connectivity index (χ0v) is 8.29. The largest absolute Gasteiger partial charge is 0.464 e. The lowest BCUT2D eigenvalue weighted by molar-refractivity contribution is 0.299. The molecule has 1 aromatic carbocycles. The van der Waals surface area contributed by atoms with Crippen molar-refractivity contribution < 1.29 is 9.52 Å². The highest BCUT2D eigenvalue weighted by Gasteiger charge is 2.05. The van der Waals surface area contributed by atoms with Gasteiger partial charge in [0.25, 0.3) is 0 Å². The molecule has 0 unspecified atom stereocenters. The average molecular weight is 190 g/mol. The molecule has 1 heterocycles. The summed E-state index contributed by atoms with van der Waals surface area (Å²) in [6.07, 6.45) is 3.43. The van der Waals surface area contributed by atoms with Crippen LogP contribution in [0.25, 0.3) is 11.0 Å². The number of benzene rings is 1. The molecular weight excluding hydrogens is 176 g/mol. The Labute approximate surface area is 83.2 Å². The third-order valence-electron chi connectivity index (χ3n) is 2.51. The lowest BCUT2D eigenvalue weighted by Crippen LogP contribution is -1.88. The van der Waals surface area contributed by atoms with Crippen molar-refractivity contribution in [2.75, 3.05) is 6.61 Å². The monoisotopic (exact) mass is 190 g/mol. The van der Waals surface area contributed by atoms with E-state index in [1.807, 2.05) is 6.07 Å². The van der Waals surface area contributed by atoms with E-state index in [1.54, 1.807) is 6.26 Å². The van der Waals surface area contributed by atoms with Crippen molar-refractivity contribution >= 4 is 11.0 Å². The predicted molar refractivity (Wildman–Crippen MR) is 56.4 cm³/mol. The average Bonchev–Trinajstić information content (AvgIpc) is 2.61. The highest BCUT2D eigenvalue weighted by atomic mass is 16.3. The number of aliphatic hydroxyl groups is 1. The molecule has 2 nitrogen and oxygen atoms in total. The molecule has 1 aromatic heterocycles. The number of hydrogen-bond acceptors (Lipinski definition) is 2. The molecule has 2 rings (SSSR count). The van der Waals surface area contributed by atoms with Crippen LogP contribution < -0.4 is 0 Å². The van der Waals surface area contributed by atoms with Gasteiger partial charge in [-0.25, -0.2) is 0 Å². The molecule has 2 aromatic rings. The van der Waals surface area contributed by atoms with E-state index in [4.69, 9.17) is 9.52 Å². The Balaban J connectivity index is 2.52. The Morgan fingerprint density at radius 2 is 2.21 bits per heavy atom. The van der Waals surface area contributed by atoms with Crippen molar-refractivity contribution in [1.29, 1.82) is 0 Å². The van der Waals surface area contributed by atoms with Crippen molar-refractivity contribution in [1.82, 2.24) is 0 Å². The molecule has 0 aliphatic carbocycles. The van der Waals surface area contributed by atoms with Crippen molar-refractivity contribution in [2.24, 2.45) is 0 Å². The van der Waals surface area contributed by atoms with Gasteiger partial charge in [-0.15, -0.1) is 0 Å². The lowest BCUT2D eigenvalue weighted by atomic mass is 10.1. The van der Waals surface area contributed by atoms with Crippen LogP contribution >= 0.6 is 0 Å². The molecule has 0 aliphatic rings. The molecule has 2 heteroatoms. The maximum Gasteiger partial charge on any atom is 0.134 e. The van der Waals surface area contributed by atoms with Crippen LogP contribution in [0.5, 0.6) is 0 Å². The van der Waals surface area contributed by atoms with Gasteiger partial charge in [0.2, 0.25) is 0 Å². The van der Waals surface area contributed by atoms with Gasteiger partial charge >= 0.3 is 0 Å². The standard InChI is InChI=1S/C12H14O2/c1-2-9-3-4-12-11(7-9)10(5-6-13)8-14-12/h3-4,7-8,13H,2,5-6H2,1H3. The van der Waals surface area contributed by atoms with Gasteiger partial charge in [-0.05, 0) is 30.5 Å². The molecule has 14 heavy (non-hydrogen) atoms. The van der Waals surface area contributed by atoms with E-state index < -0.39 is 0 Å². The Hall–Kier alpha value is -1.28. The van der Waals surface area contributed by atoms with Crippen molar-refractivity contribution in [2.45, 2.75) is 19.8 Å². The van der Waals surface area contributed by atoms with E-state index in [0.717, 1.165) is 23.0 Å². The van der Waals surface area contributed by atoms with E-state index in [2.05, 4.69) is 19.1 Å². The maximum absolute atomic E-state index is 8.88. The second-order valence-corrected chi connectivity index (χ2v) is 3.42. The molecule has 0 atom stereocenters. The second-order valence-electron chi connectivity index (χ2n) is 3.42. The first-order valence-electron chi connectivity index (χ1n) is 4.95. The molecular formula is C12H14O2. The minimum absolute atomic E-state index is 0.172. The normalized spacial score (nSPS) is 11.0. The summed E-state index contributed by atoms with van der Waals surface area (Å²) in [6.45, 7) is 2.30. The van der Waals surface area contributed by atoms with Gasteiger partial charge in [-0.3, -0.25) is 0 Å². The Kier molecular flexibility index (Phi) is 2.55. The molecule has 0 radical (unpaired) electrons. The topological polar surface area (TPSA) is 33.4 Å². The van der Waals surface area contributed by atoms with Crippen LogP contribution in [-0.2, 0) is 12.8 Å². The van der Waals surface area contributed by atoms with Gasteiger partial charge in [0.05, 0.1) is 6.26 Å². The number of aliphatic hydroxyl groups excluding tert-OH is 1. The number of furan rings is 1.